The van der Waals surface area contributed by atoms with E-state index in [1.165, 1.54) is 46.5 Å². The second-order valence-corrected chi connectivity index (χ2v) is 21.7. The number of fused-ring (bicyclic) bond motifs is 12. The molecule has 5 heteroatoms. The van der Waals surface area contributed by atoms with E-state index in [4.69, 9.17) is 13.3 Å². The van der Waals surface area contributed by atoms with Crippen LogP contribution >= 0.6 is 11.3 Å². The van der Waals surface area contributed by atoms with Gasteiger partial charge in [0.05, 0.1) is 0 Å². The third kappa shape index (κ3) is 5.16. The van der Waals surface area contributed by atoms with Gasteiger partial charge in [-0.05, 0) is 32.9 Å². The minimum absolute atomic E-state index is 0.858. The summed E-state index contributed by atoms with van der Waals surface area (Å²) in [5.74, 6) is 0. The van der Waals surface area contributed by atoms with Gasteiger partial charge >= 0.3 is 0 Å². The van der Waals surface area contributed by atoms with Crippen molar-refractivity contribution < 1.29 is 13.3 Å². The monoisotopic (exact) mass is 864 g/mol. The third-order valence-corrected chi connectivity index (χ3v) is 20.0. The standard InChI is InChI=1S/C60H36O3SSi/c1-3-17-37(18-4-1)65(38-19-5-2-6-20-38,53-35-15-29-46-45-27-13-26-44(57(45)63-58(46)53)43-25-11-23-41-39-21-7-9-33-51(39)61-55(41)43)54-36-16-32-50-49-31-14-30-48(59(49)64-60(50)54)47-28-12-24-42-40-22-8-10-34-52(40)62-56(42)47/h1-36H. The summed E-state index contributed by atoms with van der Waals surface area (Å²) in [5.41, 5.74) is 9.66. The van der Waals surface area contributed by atoms with Crippen LogP contribution in [0.15, 0.2) is 232 Å². The Balaban J connectivity index is 1.07. The molecule has 4 heterocycles. The van der Waals surface area contributed by atoms with E-state index in [0.717, 1.165) is 82.5 Å². The fourth-order valence-electron chi connectivity index (χ4n) is 10.9. The molecule has 0 saturated carbocycles. The quantitative estimate of drug-likeness (QED) is 0.123. The lowest BCUT2D eigenvalue weighted by Crippen LogP contribution is -2.74. The Kier molecular flexibility index (Phi) is 7.87. The van der Waals surface area contributed by atoms with Gasteiger partial charge in [0, 0.05) is 74.7 Å². The number of para-hydroxylation sites is 6. The largest absolute Gasteiger partial charge is 0.455 e. The molecule has 65 heavy (non-hydrogen) atoms. The van der Waals surface area contributed by atoms with Crippen molar-refractivity contribution in [1.29, 1.82) is 0 Å². The Hall–Kier alpha value is -7.96. The van der Waals surface area contributed by atoms with E-state index >= 15 is 0 Å². The Bertz CT molecular complexity index is 3920. The second-order valence-electron chi connectivity index (χ2n) is 17.0. The van der Waals surface area contributed by atoms with Crippen LogP contribution in [0.25, 0.3) is 108 Å². The second kappa shape index (κ2) is 14.0. The Labute approximate surface area is 378 Å². The van der Waals surface area contributed by atoms with E-state index in [1.54, 1.807) is 0 Å². The third-order valence-electron chi connectivity index (χ3n) is 13.7. The molecule has 0 atom stereocenters. The molecule has 0 amide bonds. The Morgan fingerprint density at radius 1 is 0.262 bits per heavy atom. The van der Waals surface area contributed by atoms with Crippen LogP contribution in [-0.2, 0) is 0 Å². The molecule has 0 aliphatic rings. The van der Waals surface area contributed by atoms with Crippen LogP contribution in [-0.4, -0.2) is 8.07 Å². The Morgan fingerprint density at radius 2 is 0.646 bits per heavy atom. The molecule has 0 spiro atoms. The van der Waals surface area contributed by atoms with Gasteiger partial charge in [0.2, 0.25) is 0 Å². The number of hydrogen-bond acceptors (Lipinski definition) is 4. The van der Waals surface area contributed by atoms with Crippen molar-refractivity contribution in [3.63, 3.8) is 0 Å². The van der Waals surface area contributed by atoms with Crippen LogP contribution in [0.3, 0.4) is 0 Å². The number of rotatable bonds is 6. The predicted molar refractivity (Wildman–Crippen MR) is 276 cm³/mol. The van der Waals surface area contributed by atoms with Gasteiger partial charge in [0.15, 0.2) is 8.07 Å². The van der Waals surface area contributed by atoms with Gasteiger partial charge in [-0.3, -0.25) is 0 Å². The molecule has 0 aliphatic heterocycles. The van der Waals surface area contributed by atoms with Gasteiger partial charge in [0.25, 0.3) is 0 Å². The van der Waals surface area contributed by atoms with Crippen molar-refractivity contribution in [2.75, 3.05) is 0 Å². The molecule has 0 unspecified atom stereocenters. The van der Waals surface area contributed by atoms with E-state index in [0.29, 0.717) is 0 Å². The van der Waals surface area contributed by atoms with Gasteiger partial charge < -0.3 is 13.3 Å². The number of benzene rings is 10. The van der Waals surface area contributed by atoms with Crippen LogP contribution < -0.4 is 20.7 Å². The van der Waals surface area contributed by atoms with Crippen molar-refractivity contribution >= 4 is 126 Å². The van der Waals surface area contributed by atoms with Crippen molar-refractivity contribution in [3.05, 3.63) is 218 Å². The highest BCUT2D eigenvalue weighted by atomic mass is 32.1. The van der Waals surface area contributed by atoms with Crippen molar-refractivity contribution in [1.82, 2.24) is 0 Å². The molecule has 0 N–H and O–H groups in total. The molecule has 0 aliphatic carbocycles. The minimum atomic E-state index is -3.20. The number of furan rings is 3. The molecule has 0 fully saturated rings. The van der Waals surface area contributed by atoms with Gasteiger partial charge in [-0.1, -0.05) is 206 Å². The molecule has 0 bridgehead atoms. The van der Waals surface area contributed by atoms with Crippen molar-refractivity contribution in [2.24, 2.45) is 0 Å². The lowest BCUT2D eigenvalue weighted by atomic mass is 10.00. The normalized spacial score (nSPS) is 12.3. The highest BCUT2D eigenvalue weighted by molar-refractivity contribution is 7.31. The average Bonchev–Trinajstić information content (AvgIpc) is 4.16. The summed E-state index contributed by atoms with van der Waals surface area (Å²) in [5, 5.41) is 14.3. The van der Waals surface area contributed by atoms with Crippen LogP contribution in [0.4, 0.5) is 0 Å². The van der Waals surface area contributed by atoms with E-state index in [1.807, 2.05) is 29.5 Å². The summed E-state index contributed by atoms with van der Waals surface area (Å²) in [6, 6.07) is 79.1. The molecule has 14 rings (SSSR count). The molecule has 10 aromatic carbocycles. The fraction of sp³-hybridized carbons (Fsp3) is 0. The number of thiophene rings is 1. The van der Waals surface area contributed by atoms with Gasteiger partial charge in [-0.2, -0.15) is 0 Å². The number of hydrogen-bond donors (Lipinski definition) is 0. The summed E-state index contributed by atoms with van der Waals surface area (Å²) in [6.45, 7) is 0. The van der Waals surface area contributed by atoms with E-state index in [9.17, 15) is 0 Å². The molecular formula is C60H36O3SSi. The average molecular weight is 865 g/mol. The molecule has 0 radical (unpaired) electrons. The van der Waals surface area contributed by atoms with E-state index < -0.39 is 8.07 Å². The van der Waals surface area contributed by atoms with Crippen molar-refractivity contribution in [2.45, 2.75) is 0 Å². The van der Waals surface area contributed by atoms with Gasteiger partial charge in [-0.15, -0.1) is 11.3 Å². The van der Waals surface area contributed by atoms with Crippen molar-refractivity contribution in [3.8, 4) is 22.3 Å². The molecule has 0 saturated heterocycles. The van der Waals surface area contributed by atoms with Crippen LogP contribution in [0.2, 0.25) is 0 Å². The first-order chi connectivity index (χ1) is 32.3. The summed E-state index contributed by atoms with van der Waals surface area (Å²) in [7, 11) is -3.20. The first-order valence-corrected chi connectivity index (χ1v) is 24.9. The molecule has 14 aromatic rings. The first kappa shape index (κ1) is 36.5. The maximum atomic E-state index is 7.46. The van der Waals surface area contributed by atoms with E-state index in [-0.39, 0.29) is 0 Å². The topological polar surface area (TPSA) is 39.4 Å². The molecular weight excluding hydrogens is 829 g/mol. The lowest BCUT2D eigenvalue weighted by molar-refractivity contribution is 0.666. The Morgan fingerprint density at radius 3 is 1.22 bits per heavy atom. The minimum Gasteiger partial charge on any atom is -0.455 e. The maximum Gasteiger partial charge on any atom is 0.185 e. The zero-order valence-electron chi connectivity index (χ0n) is 34.9. The van der Waals surface area contributed by atoms with Gasteiger partial charge in [-0.25, -0.2) is 0 Å². The fourth-order valence-corrected chi connectivity index (χ4v) is 17.7. The highest BCUT2D eigenvalue weighted by Gasteiger charge is 2.45. The van der Waals surface area contributed by atoms with Crippen LogP contribution in [0.1, 0.15) is 0 Å². The molecule has 4 aromatic heterocycles. The lowest BCUT2D eigenvalue weighted by Gasteiger charge is -2.34. The highest BCUT2D eigenvalue weighted by Crippen LogP contribution is 2.45. The van der Waals surface area contributed by atoms with Gasteiger partial charge in [0.1, 0.15) is 33.5 Å². The SMILES string of the molecule is c1ccc([Si](c2ccccc2)(c2cccc3c2oc2c(-c4cccc5c4oc4ccccc45)cccc23)c2cccc3c2sc2c(-c4cccc5c4oc4ccccc45)cccc23)cc1. The molecule has 3 nitrogen and oxygen atoms in total. The van der Waals surface area contributed by atoms with Crippen LogP contribution in [0, 0.1) is 0 Å². The summed E-state index contributed by atoms with van der Waals surface area (Å²) in [4.78, 5) is 0. The summed E-state index contributed by atoms with van der Waals surface area (Å²) >= 11 is 1.90. The molecule has 304 valence electrons. The predicted octanol–water partition coefficient (Wildman–Crippen LogP) is 14.5. The van der Waals surface area contributed by atoms with E-state index in [2.05, 4.69) is 200 Å². The zero-order chi connectivity index (χ0) is 42.6. The van der Waals surface area contributed by atoms with Crippen LogP contribution in [0.5, 0.6) is 0 Å². The summed E-state index contributed by atoms with van der Waals surface area (Å²) < 4.78 is 23.3. The maximum absolute atomic E-state index is 7.46. The zero-order valence-corrected chi connectivity index (χ0v) is 36.7. The first-order valence-electron chi connectivity index (χ1n) is 22.1. The summed E-state index contributed by atoms with van der Waals surface area (Å²) in [6.07, 6.45) is 0. The smallest absolute Gasteiger partial charge is 0.185 e.